The Hall–Kier alpha value is -0.820. The predicted molar refractivity (Wildman–Crippen MR) is 69.8 cm³/mol. The second-order valence-corrected chi connectivity index (χ2v) is 6.20. The third-order valence-electron chi connectivity index (χ3n) is 3.78. The fourth-order valence-electron chi connectivity index (χ4n) is 3.52. The SMILES string of the molecule is CNCC1(c2cccc(C)c2)CC(C)(C)C1. The lowest BCUT2D eigenvalue weighted by atomic mass is 9.52. The lowest BCUT2D eigenvalue weighted by Gasteiger charge is -2.54. The molecule has 1 aromatic carbocycles. The Morgan fingerprint density at radius 2 is 1.94 bits per heavy atom. The molecule has 1 fully saturated rings. The van der Waals surface area contributed by atoms with Gasteiger partial charge in [-0.1, -0.05) is 43.7 Å². The molecule has 0 aromatic heterocycles. The first-order chi connectivity index (χ1) is 7.47. The highest BCUT2D eigenvalue weighted by Gasteiger charge is 2.49. The van der Waals surface area contributed by atoms with Gasteiger partial charge in [-0.25, -0.2) is 0 Å². The second-order valence-electron chi connectivity index (χ2n) is 6.20. The molecule has 0 amide bonds. The van der Waals surface area contributed by atoms with E-state index >= 15 is 0 Å². The van der Waals surface area contributed by atoms with Gasteiger partial charge in [0, 0.05) is 12.0 Å². The molecular formula is C15H23N. The van der Waals surface area contributed by atoms with Gasteiger partial charge in [0.2, 0.25) is 0 Å². The van der Waals surface area contributed by atoms with Crippen LogP contribution in [0, 0.1) is 12.3 Å². The van der Waals surface area contributed by atoms with E-state index in [9.17, 15) is 0 Å². The van der Waals surface area contributed by atoms with E-state index in [-0.39, 0.29) is 0 Å². The Balaban J connectivity index is 2.28. The van der Waals surface area contributed by atoms with Gasteiger partial charge in [-0.15, -0.1) is 0 Å². The van der Waals surface area contributed by atoms with Gasteiger partial charge in [0.25, 0.3) is 0 Å². The summed E-state index contributed by atoms with van der Waals surface area (Å²) >= 11 is 0. The van der Waals surface area contributed by atoms with Crippen molar-refractivity contribution in [2.75, 3.05) is 13.6 Å². The van der Waals surface area contributed by atoms with Crippen molar-refractivity contribution in [2.24, 2.45) is 5.41 Å². The summed E-state index contributed by atoms with van der Waals surface area (Å²) < 4.78 is 0. The summed E-state index contributed by atoms with van der Waals surface area (Å²) in [5.74, 6) is 0. The van der Waals surface area contributed by atoms with Crippen LogP contribution in [0.1, 0.15) is 37.8 Å². The summed E-state index contributed by atoms with van der Waals surface area (Å²) in [5, 5.41) is 3.37. The Kier molecular flexibility index (Phi) is 2.83. The van der Waals surface area contributed by atoms with Crippen LogP contribution in [0.25, 0.3) is 0 Å². The molecule has 2 rings (SSSR count). The maximum Gasteiger partial charge on any atom is 0.00879 e. The van der Waals surface area contributed by atoms with Gasteiger partial charge in [-0.2, -0.15) is 0 Å². The minimum absolute atomic E-state index is 0.379. The molecule has 1 saturated carbocycles. The van der Waals surface area contributed by atoms with Crippen molar-refractivity contribution >= 4 is 0 Å². The van der Waals surface area contributed by atoms with Gasteiger partial charge in [-0.05, 0) is 37.8 Å². The van der Waals surface area contributed by atoms with Crippen LogP contribution in [0.15, 0.2) is 24.3 Å². The Labute approximate surface area is 99.3 Å². The maximum atomic E-state index is 3.37. The van der Waals surface area contributed by atoms with Crippen LogP contribution in [-0.2, 0) is 5.41 Å². The second kappa shape index (κ2) is 3.89. The minimum atomic E-state index is 0.379. The number of hydrogen-bond acceptors (Lipinski definition) is 1. The fraction of sp³-hybridized carbons (Fsp3) is 0.600. The molecule has 1 heteroatoms. The van der Waals surface area contributed by atoms with Gasteiger partial charge < -0.3 is 5.32 Å². The average Bonchev–Trinajstić information content (AvgIpc) is 2.15. The summed E-state index contributed by atoms with van der Waals surface area (Å²) in [6.07, 6.45) is 2.59. The van der Waals surface area contributed by atoms with E-state index < -0.39 is 0 Å². The molecule has 0 bridgehead atoms. The zero-order chi connectivity index (χ0) is 11.8. The van der Waals surface area contributed by atoms with Crippen LogP contribution >= 0.6 is 0 Å². The van der Waals surface area contributed by atoms with E-state index in [2.05, 4.69) is 57.4 Å². The van der Waals surface area contributed by atoms with Crippen molar-refractivity contribution in [3.63, 3.8) is 0 Å². The lowest BCUT2D eigenvalue weighted by Crippen LogP contribution is -2.52. The smallest absolute Gasteiger partial charge is 0.00879 e. The molecule has 1 aliphatic rings. The van der Waals surface area contributed by atoms with Crippen molar-refractivity contribution in [3.8, 4) is 0 Å². The van der Waals surface area contributed by atoms with Gasteiger partial charge >= 0.3 is 0 Å². The summed E-state index contributed by atoms with van der Waals surface area (Å²) in [4.78, 5) is 0. The summed E-state index contributed by atoms with van der Waals surface area (Å²) in [6.45, 7) is 8.02. The highest BCUT2D eigenvalue weighted by molar-refractivity contribution is 5.33. The molecule has 0 atom stereocenters. The summed E-state index contributed by atoms with van der Waals surface area (Å²) in [6, 6.07) is 9.01. The zero-order valence-electron chi connectivity index (χ0n) is 10.9. The number of hydrogen-bond donors (Lipinski definition) is 1. The predicted octanol–water partition coefficient (Wildman–Crippen LogP) is 3.27. The van der Waals surface area contributed by atoms with E-state index in [1.165, 1.54) is 24.0 Å². The van der Waals surface area contributed by atoms with Gasteiger partial charge in [0.15, 0.2) is 0 Å². The third-order valence-corrected chi connectivity index (χ3v) is 3.78. The van der Waals surface area contributed by atoms with Crippen LogP contribution in [0.5, 0.6) is 0 Å². The Morgan fingerprint density at radius 1 is 1.25 bits per heavy atom. The lowest BCUT2D eigenvalue weighted by molar-refractivity contribution is 0.0578. The van der Waals surface area contributed by atoms with Crippen LogP contribution in [-0.4, -0.2) is 13.6 Å². The molecule has 0 radical (unpaired) electrons. The molecule has 1 aromatic rings. The summed E-state index contributed by atoms with van der Waals surface area (Å²) in [5.41, 5.74) is 3.78. The molecular weight excluding hydrogens is 194 g/mol. The molecule has 1 nitrogen and oxygen atoms in total. The number of likely N-dealkylation sites (N-methyl/N-ethyl adjacent to an activating group) is 1. The quantitative estimate of drug-likeness (QED) is 0.819. The molecule has 0 saturated heterocycles. The fourth-order valence-corrected chi connectivity index (χ4v) is 3.52. The molecule has 1 N–H and O–H groups in total. The van der Waals surface area contributed by atoms with E-state index in [0.717, 1.165) is 6.54 Å². The monoisotopic (exact) mass is 217 g/mol. The van der Waals surface area contributed by atoms with Crippen LogP contribution in [0.2, 0.25) is 0 Å². The number of benzene rings is 1. The van der Waals surface area contributed by atoms with E-state index in [4.69, 9.17) is 0 Å². The Bertz CT molecular complexity index is 371. The van der Waals surface area contributed by atoms with Crippen molar-refractivity contribution in [1.82, 2.24) is 5.32 Å². The first-order valence-electron chi connectivity index (χ1n) is 6.19. The zero-order valence-corrected chi connectivity index (χ0v) is 10.9. The van der Waals surface area contributed by atoms with Crippen molar-refractivity contribution in [3.05, 3.63) is 35.4 Å². The van der Waals surface area contributed by atoms with E-state index in [1.807, 2.05) is 0 Å². The molecule has 0 spiro atoms. The summed E-state index contributed by atoms with van der Waals surface area (Å²) in [7, 11) is 2.06. The number of nitrogens with one attached hydrogen (secondary N) is 1. The van der Waals surface area contributed by atoms with E-state index in [0.29, 0.717) is 10.8 Å². The number of aryl methyl sites for hydroxylation is 1. The molecule has 0 unspecified atom stereocenters. The minimum Gasteiger partial charge on any atom is -0.319 e. The molecule has 1 aliphatic carbocycles. The third kappa shape index (κ3) is 2.01. The Morgan fingerprint density at radius 3 is 2.44 bits per heavy atom. The normalized spacial score (nSPS) is 21.5. The largest absolute Gasteiger partial charge is 0.319 e. The van der Waals surface area contributed by atoms with Gasteiger partial charge in [0.05, 0.1) is 0 Å². The van der Waals surface area contributed by atoms with Crippen molar-refractivity contribution < 1.29 is 0 Å². The highest BCUT2D eigenvalue weighted by atomic mass is 14.8. The first kappa shape index (κ1) is 11.7. The van der Waals surface area contributed by atoms with Gasteiger partial charge in [0.1, 0.15) is 0 Å². The molecule has 0 heterocycles. The molecule has 16 heavy (non-hydrogen) atoms. The number of rotatable bonds is 3. The molecule has 88 valence electrons. The van der Waals surface area contributed by atoms with Crippen LogP contribution < -0.4 is 5.32 Å². The molecule has 0 aliphatic heterocycles. The first-order valence-corrected chi connectivity index (χ1v) is 6.19. The van der Waals surface area contributed by atoms with Gasteiger partial charge in [-0.3, -0.25) is 0 Å². The topological polar surface area (TPSA) is 12.0 Å². The highest BCUT2D eigenvalue weighted by Crippen LogP contribution is 2.55. The van der Waals surface area contributed by atoms with Crippen molar-refractivity contribution in [1.29, 1.82) is 0 Å². The van der Waals surface area contributed by atoms with Crippen LogP contribution in [0.3, 0.4) is 0 Å². The maximum absolute atomic E-state index is 3.37. The van der Waals surface area contributed by atoms with Crippen LogP contribution in [0.4, 0.5) is 0 Å². The van der Waals surface area contributed by atoms with E-state index in [1.54, 1.807) is 0 Å². The average molecular weight is 217 g/mol. The standard InChI is InChI=1S/C15H23N/c1-12-6-5-7-13(8-12)15(11-16-4)9-14(2,3)10-15/h5-8,16H,9-11H2,1-4H3. The van der Waals surface area contributed by atoms with Crippen molar-refractivity contribution in [2.45, 2.75) is 39.0 Å².